The van der Waals surface area contributed by atoms with E-state index in [1.807, 2.05) is 0 Å². The Balaban J connectivity index is 2.60. The summed E-state index contributed by atoms with van der Waals surface area (Å²) in [6.07, 6.45) is 0.928. The highest BCUT2D eigenvalue weighted by molar-refractivity contribution is 5.91. The highest BCUT2D eigenvalue weighted by Gasteiger charge is 2.13. The van der Waals surface area contributed by atoms with Crippen molar-refractivity contribution in [2.75, 3.05) is 18.5 Å². The molecule has 1 rings (SSSR count). The van der Waals surface area contributed by atoms with Crippen molar-refractivity contribution < 1.29 is 19.4 Å². The van der Waals surface area contributed by atoms with E-state index < -0.39 is 18.0 Å². The molecule has 0 aliphatic carbocycles. The largest absolute Gasteiger partial charge is 0.481 e. The summed E-state index contributed by atoms with van der Waals surface area (Å²) in [5.41, 5.74) is 5.91. The second kappa shape index (κ2) is 7.32. The van der Waals surface area contributed by atoms with Crippen molar-refractivity contribution in [2.24, 2.45) is 5.73 Å². The van der Waals surface area contributed by atoms with Gasteiger partial charge in [-0.2, -0.15) is 0 Å². The Morgan fingerprint density at radius 2 is 2.32 bits per heavy atom. The molecule has 1 unspecified atom stereocenters. The van der Waals surface area contributed by atoms with Gasteiger partial charge in [0.2, 0.25) is 0 Å². The standard InChI is InChI=1S/C12H17N3O4/c1-2-19-9(6-11(16)17)7-15-8-3-4-14-10(5-8)12(13)18/h3-5,9H,2,6-7H2,1H3,(H2,13,18)(H,14,15)(H,16,17). The van der Waals surface area contributed by atoms with Crippen LogP contribution in [0.1, 0.15) is 23.8 Å². The maximum absolute atomic E-state index is 11.0. The van der Waals surface area contributed by atoms with Gasteiger partial charge in [-0.05, 0) is 19.1 Å². The van der Waals surface area contributed by atoms with Crippen molar-refractivity contribution in [1.82, 2.24) is 4.98 Å². The minimum Gasteiger partial charge on any atom is -0.481 e. The number of carboxylic acids is 1. The summed E-state index contributed by atoms with van der Waals surface area (Å²) in [6.45, 7) is 2.55. The van der Waals surface area contributed by atoms with Crippen LogP contribution in [0.3, 0.4) is 0 Å². The van der Waals surface area contributed by atoms with Crippen LogP contribution in [0.5, 0.6) is 0 Å². The molecular weight excluding hydrogens is 250 g/mol. The van der Waals surface area contributed by atoms with Gasteiger partial charge < -0.3 is 20.9 Å². The van der Waals surface area contributed by atoms with E-state index >= 15 is 0 Å². The van der Waals surface area contributed by atoms with Crippen molar-refractivity contribution in [3.8, 4) is 0 Å². The van der Waals surface area contributed by atoms with Gasteiger partial charge in [-0.15, -0.1) is 0 Å². The maximum Gasteiger partial charge on any atom is 0.306 e. The lowest BCUT2D eigenvalue weighted by Gasteiger charge is -2.16. The Bertz CT molecular complexity index is 450. The van der Waals surface area contributed by atoms with Crippen LogP contribution in [0.4, 0.5) is 5.69 Å². The Morgan fingerprint density at radius 3 is 2.89 bits per heavy atom. The molecule has 0 radical (unpaired) electrons. The summed E-state index contributed by atoms with van der Waals surface area (Å²) in [5.74, 6) is -1.54. The number of amides is 1. The fourth-order valence-electron chi connectivity index (χ4n) is 1.53. The highest BCUT2D eigenvalue weighted by Crippen LogP contribution is 2.09. The van der Waals surface area contributed by atoms with Crippen molar-refractivity contribution in [1.29, 1.82) is 0 Å². The number of ether oxygens (including phenoxy) is 1. The third kappa shape index (κ3) is 5.35. The van der Waals surface area contributed by atoms with Crippen molar-refractivity contribution >= 4 is 17.6 Å². The van der Waals surface area contributed by atoms with E-state index in [-0.39, 0.29) is 12.1 Å². The summed E-state index contributed by atoms with van der Waals surface area (Å²) in [6, 6.07) is 3.17. The first-order valence-electron chi connectivity index (χ1n) is 5.86. The van der Waals surface area contributed by atoms with Crippen LogP contribution < -0.4 is 11.1 Å². The minimum absolute atomic E-state index is 0.0887. The van der Waals surface area contributed by atoms with Crippen molar-refractivity contribution in [3.63, 3.8) is 0 Å². The van der Waals surface area contributed by atoms with E-state index in [2.05, 4.69) is 10.3 Å². The van der Waals surface area contributed by atoms with Gasteiger partial charge in [0.25, 0.3) is 5.91 Å². The molecule has 0 aliphatic heterocycles. The van der Waals surface area contributed by atoms with E-state index in [1.165, 1.54) is 12.3 Å². The van der Waals surface area contributed by atoms with Crippen molar-refractivity contribution in [2.45, 2.75) is 19.4 Å². The molecule has 0 fully saturated rings. The molecule has 7 heteroatoms. The van der Waals surface area contributed by atoms with Gasteiger partial charge in [-0.25, -0.2) is 0 Å². The first-order valence-corrected chi connectivity index (χ1v) is 5.86. The van der Waals surface area contributed by atoms with E-state index in [9.17, 15) is 9.59 Å². The predicted molar refractivity (Wildman–Crippen MR) is 68.9 cm³/mol. The monoisotopic (exact) mass is 267 g/mol. The second-order valence-electron chi connectivity index (χ2n) is 3.85. The first kappa shape index (κ1) is 14.9. The number of carbonyl (C=O) groups is 2. The van der Waals surface area contributed by atoms with E-state index in [0.717, 1.165) is 0 Å². The molecule has 4 N–H and O–H groups in total. The summed E-state index contributed by atoms with van der Waals surface area (Å²) in [5, 5.41) is 11.7. The quantitative estimate of drug-likeness (QED) is 0.630. The maximum atomic E-state index is 11.0. The first-order chi connectivity index (χ1) is 9.02. The van der Waals surface area contributed by atoms with E-state index in [1.54, 1.807) is 13.0 Å². The zero-order chi connectivity index (χ0) is 14.3. The van der Waals surface area contributed by atoms with Crippen LogP contribution in [-0.2, 0) is 9.53 Å². The molecule has 0 aromatic carbocycles. The van der Waals surface area contributed by atoms with Crippen LogP contribution in [0.2, 0.25) is 0 Å². The minimum atomic E-state index is -0.923. The Kier molecular flexibility index (Phi) is 5.74. The Morgan fingerprint density at radius 1 is 1.58 bits per heavy atom. The number of aliphatic carboxylic acids is 1. The lowest BCUT2D eigenvalue weighted by Crippen LogP contribution is -2.26. The second-order valence-corrected chi connectivity index (χ2v) is 3.85. The third-order valence-electron chi connectivity index (χ3n) is 2.35. The molecule has 1 atom stereocenters. The number of carboxylic acid groups (broad SMARTS) is 1. The Hall–Kier alpha value is -2.15. The summed E-state index contributed by atoms with van der Waals surface area (Å²) < 4.78 is 5.30. The predicted octanol–water partition coefficient (Wildman–Crippen LogP) is 0.472. The number of nitrogens with one attached hydrogen (secondary N) is 1. The smallest absolute Gasteiger partial charge is 0.306 e. The van der Waals surface area contributed by atoms with Gasteiger partial charge in [0.1, 0.15) is 5.69 Å². The molecule has 1 aromatic heterocycles. The third-order valence-corrected chi connectivity index (χ3v) is 2.35. The molecule has 1 aromatic rings. The number of nitrogens with two attached hydrogens (primary N) is 1. The normalized spacial score (nSPS) is 11.8. The number of carbonyl (C=O) groups excluding carboxylic acids is 1. The van der Waals surface area contributed by atoms with Crippen molar-refractivity contribution in [3.05, 3.63) is 24.0 Å². The van der Waals surface area contributed by atoms with Gasteiger partial charge in [0.15, 0.2) is 0 Å². The molecule has 0 spiro atoms. The number of rotatable bonds is 8. The topological polar surface area (TPSA) is 115 Å². The van der Waals surface area contributed by atoms with E-state index in [0.29, 0.717) is 18.8 Å². The average Bonchev–Trinajstić information content (AvgIpc) is 2.36. The van der Waals surface area contributed by atoms with Gasteiger partial charge in [-0.3, -0.25) is 14.6 Å². The number of pyridine rings is 1. The molecular formula is C12H17N3O4. The van der Waals surface area contributed by atoms with Gasteiger partial charge in [0.05, 0.1) is 12.5 Å². The molecule has 0 aliphatic rings. The summed E-state index contributed by atoms with van der Waals surface area (Å²) in [7, 11) is 0. The molecule has 0 saturated carbocycles. The number of hydrogen-bond donors (Lipinski definition) is 3. The number of aromatic nitrogens is 1. The molecule has 7 nitrogen and oxygen atoms in total. The summed E-state index contributed by atoms with van der Waals surface area (Å²) in [4.78, 5) is 25.4. The molecule has 104 valence electrons. The van der Waals surface area contributed by atoms with Crippen LogP contribution in [0.25, 0.3) is 0 Å². The van der Waals surface area contributed by atoms with E-state index in [4.69, 9.17) is 15.6 Å². The lowest BCUT2D eigenvalue weighted by atomic mass is 10.2. The highest BCUT2D eigenvalue weighted by atomic mass is 16.5. The summed E-state index contributed by atoms with van der Waals surface area (Å²) >= 11 is 0. The number of hydrogen-bond acceptors (Lipinski definition) is 5. The zero-order valence-corrected chi connectivity index (χ0v) is 10.6. The molecule has 1 heterocycles. The molecule has 0 bridgehead atoms. The number of primary amides is 1. The number of nitrogens with zero attached hydrogens (tertiary/aromatic N) is 1. The average molecular weight is 267 g/mol. The van der Waals surface area contributed by atoms with Gasteiger partial charge in [-0.1, -0.05) is 0 Å². The van der Waals surface area contributed by atoms with Crippen LogP contribution in [0, 0.1) is 0 Å². The molecule has 1 amide bonds. The van der Waals surface area contributed by atoms with Gasteiger partial charge in [0, 0.05) is 25.0 Å². The SMILES string of the molecule is CCOC(CNc1ccnc(C(N)=O)c1)CC(=O)O. The van der Waals surface area contributed by atoms with Crippen LogP contribution in [-0.4, -0.2) is 41.2 Å². The van der Waals surface area contributed by atoms with Gasteiger partial charge >= 0.3 is 5.97 Å². The fraction of sp³-hybridized carbons (Fsp3) is 0.417. The number of anilines is 1. The van der Waals surface area contributed by atoms with Crippen LogP contribution in [0.15, 0.2) is 18.3 Å². The van der Waals surface area contributed by atoms with Crippen LogP contribution >= 0.6 is 0 Å². The molecule has 0 saturated heterocycles. The fourth-order valence-corrected chi connectivity index (χ4v) is 1.53. The zero-order valence-electron chi connectivity index (χ0n) is 10.6. The Labute approximate surface area is 110 Å². The lowest BCUT2D eigenvalue weighted by molar-refractivity contribution is -0.139. The molecule has 19 heavy (non-hydrogen) atoms.